The summed E-state index contributed by atoms with van der Waals surface area (Å²) >= 11 is 1.30. The van der Waals surface area contributed by atoms with Crippen LogP contribution in [0.3, 0.4) is 0 Å². The van der Waals surface area contributed by atoms with Gasteiger partial charge in [-0.3, -0.25) is 14.8 Å². The molecule has 4 heterocycles. The van der Waals surface area contributed by atoms with E-state index in [0.717, 1.165) is 32.9 Å². The van der Waals surface area contributed by atoms with E-state index in [2.05, 4.69) is 19.7 Å². The molecule has 8 heteroatoms. The molecule has 1 aromatic carbocycles. The molecule has 2 aromatic heterocycles. The number of carbonyl (C=O) groups is 1. The minimum absolute atomic E-state index is 0.114. The van der Waals surface area contributed by atoms with Crippen LogP contribution in [0.25, 0.3) is 10.1 Å². The molecule has 28 heavy (non-hydrogen) atoms. The number of benzene rings is 1. The van der Waals surface area contributed by atoms with E-state index in [1.165, 1.54) is 11.5 Å². The summed E-state index contributed by atoms with van der Waals surface area (Å²) in [6.45, 7) is 1.53. The van der Waals surface area contributed by atoms with Crippen LogP contribution in [0, 0.1) is 0 Å². The molecule has 0 atom stereocenters. The van der Waals surface area contributed by atoms with E-state index in [0.29, 0.717) is 38.2 Å². The number of aliphatic imine (C=N–C) groups is 1. The molecule has 2 aliphatic heterocycles. The van der Waals surface area contributed by atoms with E-state index in [9.17, 15) is 9.18 Å². The van der Waals surface area contributed by atoms with Gasteiger partial charge in [-0.25, -0.2) is 4.39 Å². The first-order valence-corrected chi connectivity index (χ1v) is 10.0. The Morgan fingerprint density at radius 2 is 2.11 bits per heavy atom. The van der Waals surface area contributed by atoms with Crippen molar-refractivity contribution in [3.8, 4) is 0 Å². The van der Waals surface area contributed by atoms with E-state index in [-0.39, 0.29) is 5.91 Å². The normalized spacial score (nSPS) is 16.9. The lowest BCUT2D eigenvalue weighted by atomic mass is 10.1. The van der Waals surface area contributed by atoms with Gasteiger partial charge in [0.05, 0.1) is 11.2 Å². The molecule has 5 rings (SSSR count). The van der Waals surface area contributed by atoms with E-state index in [4.69, 9.17) is 0 Å². The van der Waals surface area contributed by atoms with E-state index >= 15 is 0 Å². The first-order valence-electron chi connectivity index (χ1n) is 9.27. The Morgan fingerprint density at radius 1 is 1.25 bits per heavy atom. The highest BCUT2D eigenvalue weighted by Gasteiger charge is 2.26. The van der Waals surface area contributed by atoms with Gasteiger partial charge < -0.3 is 10.2 Å². The zero-order valence-electron chi connectivity index (χ0n) is 15.1. The van der Waals surface area contributed by atoms with Gasteiger partial charge in [0, 0.05) is 35.9 Å². The number of aromatic nitrogens is 2. The van der Waals surface area contributed by atoms with Crippen LogP contribution in [0.5, 0.6) is 0 Å². The van der Waals surface area contributed by atoms with Crippen molar-refractivity contribution < 1.29 is 9.18 Å². The fraction of sp³-hybridized carbons (Fsp3) is 0.300. The number of amides is 1. The Bertz CT molecular complexity index is 1090. The Hall–Kier alpha value is -2.87. The van der Waals surface area contributed by atoms with Gasteiger partial charge in [0.25, 0.3) is 5.91 Å². The standard InChI is InChI=1S/C20H18FN5OS/c21-13-5-8-26(9-6-13)20(27)18-15-4-3-14(10-16(15)28-25-18)24-19-17-12(11-23-19)2-1-7-22-17/h1-4,7,10,13H,5-6,8-9,11H2,(H,23,24). The fourth-order valence-electron chi connectivity index (χ4n) is 3.62. The average molecular weight is 395 g/mol. The van der Waals surface area contributed by atoms with Crippen molar-refractivity contribution in [3.63, 3.8) is 0 Å². The summed E-state index contributed by atoms with van der Waals surface area (Å²) in [7, 11) is 0. The summed E-state index contributed by atoms with van der Waals surface area (Å²) in [6, 6.07) is 9.74. The molecule has 1 fully saturated rings. The van der Waals surface area contributed by atoms with Crippen LogP contribution in [0.15, 0.2) is 41.5 Å². The highest BCUT2D eigenvalue weighted by molar-refractivity contribution is 7.13. The summed E-state index contributed by atoms with van der Waals surface area (Å²) < 4.78 is 18.7. The van der Waals surface area contributed by atoms with Crippen molar-refractivity contribution in [1.82, 2.24) is 14.3 Å². The van der Waals surface area contributed by atoms with E-state index in [1.807, 2.05) is 30.3 Å². The second-order valence-corrected chi connectivity index (χ2v) is 7.81. The first kappa shape index (κ1) is 17.2. The van der Waals surface area contributed by atoms with Gasteiger partial charge in [-0.15, -0.1) is 0 Å². The molecule has 0 saturated carbocycles. The Kier molecular flexibility index (Phi) is 4.27. The molecule has 6 nitrogen and oxygen atoms in total. The van der Waals surface area contributed by atoms with Crippen molar-refractivity contribution in [2.75, 3.05) is 18.4 Å². The lowest BCUT2D eigenvalue weighted by Gasteiger charge is -2.28. The van der Waals surface area contributed by atoms with Gasteiger partial charge in [-0.1, -0.05) is 6.07 Å². The van der Waals surface area contributed by atoms with Crippen LogP contribution < -0.4 is 5.32 Å². The molecule has 0 aliphatic carbocycles. The number of alkyl halides is 1. The second-order valence-electron chi connectivity index (χ2n) is 7.01. The summed E-state index contributed by atoms with van der Waals surface area (Å²) in [6.07, 6.45) is 1.76. The fourth-order valence-corrected chi connectivity index (χ4v) is 4.43. The number of likely N-dealkylation sites (tertiary alicyclic amines) is 1. The molecule has 0 radical (unpaired) electrons. The largest absolute Gasteiger partial charge is 0.339 e. The third kappa shape index (κ3) is 3.03. The number of fused-ring (bicyclic) bond motifs is 2. The minimum atomic E-state index is -0.803. The van der Waals surface area contributed by atoms with Gasteiger partial charge >= 0.3 is 0 Å². The highest BCUT2D eigenvalue weighted by Crippen LogP contribution is 2.28. The molecule has 2 aliphatic rings. The molecule has 1 saturated heterocycles. The van der Waals surface area contributed by atoms with Crippen molar-refractivity contribution in [3.05, 3.63) is 53.5 Å². The van der Waals surface area contributed by atoms with Crippen LogP contribution >= 0.6 is 11.5 Å². The van der Waals surface area contributed by atoms with Crippen molar-refractivity contribution in [2.45, 2.75) is 25.6 Å². The lowest BCUT2D eigenvalue weighted by molar-refractivity contribution is 0.0664. The number of anilines is 1. The van der Waals surface area contributed by atoms with Crippen molar-refractivity contribution in [2.24, 2.45) is 4.99 Å². The van der Waals surface area contributed by atoms with Gasteiger partial charge in [0.2, 0.25) is 0 Å². The molecular formula is C20H18FN5OS. The molecule has 0 spiro atoms. The summed E-state index contributed by atoms with van der Waals surface area (Å²) in [5.41, 5.74) is 3.31. The number of nitrogens with zero attached hydrogens (tertiary/aromatic N) is 4. The third-order valence-electron chi connectivity index (χ3n) is 5.17. The van der Waals surface area contributed by atoms with Crippen molar-refractivity contribution >= 4 is 39.0 Å². The molecule has 0 bridgehead atoms. The number of pyridine rings is 1. The monoisotopic (exact) mass is 395 g/mol. The molecule has 1 amide bonds. The first-order chi connectivity index (χ1) is 13.7. The van der Waals surface area contributed by atoms with Gasteiger partial charge in [-0.2, -0.15) is 4.37 Å². The number of hydrogen-bond donors (Lipinski definition) is 1. The summed E-state index contributed by atoms with van der Waals surface area (Å²) in [5.74, 6) is 0.641. The maximum absolute atomic E-state index is 13.3. The Balaban J connectivity index is 1.38. The molecule has 0 unspecified atom stereocenters. The van der Waals surface area contributed by atoms with Gasteiger partial charge in [0.15, 0.2) is 5.84 Å². The zero-order chi connectivity index (χ0) is 19.1. The number of amidine groups is 1. The van der Waals surface area contributed by atoms with Crippen LogP contribution in [0.2, 0.25) is 0 Å². The maximum atomic E-state index is 13.3. The van der Waals surface area contributed by atoms with Crippen molar-refractivity contribution in [1.29, 1.82) is 0 Å². The number of piperidine rings is 1. The minimum Gasteiger partial charge on any atom is -0.339 e. The maximum Gasteiger partial charge on any atom is 0.274 e. The molecular weight excluding hydrogens is 377 g/mol. The summed E-state index contributed by atoms with van der Waals surface area (Å²) in [5, 5.41) is 4.15. The predicted molar refractivity (Wildman–Crippen MR) is 108 cm³/mol. The number of nitrogens with one attached hydrogen (secondary N) is 1. The van der Waals surface area contributed by atoms with Crippen LogP contribution in [0.1, 0.15) is 34.6 Å². The second kappa shape index (κ2) is 6.94. The number of carbonyl (C=O) groups excluding carboxylic acids is 1. The molecule has 3 aromatic rings. The Labute approximate surface area is 165 Å². The topological polar surface area (TPSA) is 70.5 Å². The van der Waals surface area contributed by atoms with Crippen LogP contribution in [-0.2, 0) is 6.54 Å². The Morgan fingerprint density at radius 3 is 2.96 bits per heavy atom. The lowest BCUT2D eigenvalue weighted by Crippen LogP contribution is -2.39. The SMILES string of the molecule is O=C(c1nsc2cc(NC3=NCc4cccnc43)ccc12)N1CCC(F)CC1. The van der Waals surface area contributed by atoms with E-state index < -0.39 is 6.17 Å². The quantitative estimate of drug-likeness (QED) is 0.719. The number of rotatable bonds is 2. The van der Waals surface area contributed by atoms with Gasteiger partial charge in [-0.05, 0) is 48.6 Å². The smallest absolute Gasteiger partial charge is 0.274 e. The van der Waals surface area contributed by atoms with Crippen LogP contribution in [0.4, 0.5) is 10.1 Å². The highest BCUT2D eigenvalue weighted by atomic mass is 32.1. The third-order valence-corrected chi connectivity index (χ3v) is 5.98. The zero-order valence-corrected chi connectivity index (χ0v) is 15.9. The van der Waals surface area contributed by atoms with E-state index in [1.54, 1.807) is 11.1 Å². The van der Waals surface area contributed by atoms with Crippen LogP contribution in [-0.4, -0.2) is 45.3 Å². The predicted octanol–water partition coefficient (Wildman–Crippen LogP) is 3.64. The van der Waals surface area contributed by atoms with Gasteiger partial charge in [0.1, 0.15) is 17.6 Å². The molecule has 1 N–H and O–H groups in total. The molecule has 142 valence electrons. The number of hydrogen-bond acceptors (Lipinski definition) is 6. The average Bonchev–Trinajstić information content (AvgIpc) is 3.32. The summed E-state index contributed by atoms with van der Waals surface area (Å²) in [4.78, 5) is 23.4. The number of halogens is 1.